The first kappa shape index (κ1) is 26.4. The first-order chi connectivity index (χ1) is 16.8. The Labute approximate surface area is 213 Å². The fraction of sp³-hybridized carbons (Fsp3) is 0.200. The lowest BCUT2D eigenvalue weighted by Gasteiger charge is -2.21. The molecule has 0 radical (unpaired) electrons. The third kappa shape index (κ3) is 7.38. The summed E-state index contributed by atoms with van der Waals surface area (Å²) in [5.41, 5.74) is 4.04. The number of rotatable bonds is 11. The molecular formula is C25H26BrN3O5S. The van der Waals surface area contributed by atoms with Crippen molar-refractivity contribution in [2.75, 3.05) is 27.3 Å². The monoisotopic (exact) mass is 559 g/mol. The van der Waals surface area contributed by atoms with Gasteiger partial charge in [-0.2, -0.15) is 9.41 Å². The largest absolute Gasteiger partial charge is 0.493 e. The van der Waals surface area contributed by atoms with Gasteiger partial charge in [-0.15, -0.1) is 0 Å². The molecule has 0 saturated heterocycles. The average Bonchev–Trinajstić information content (AvgIpc) is 2.87. The molecule has 0 aliphatic carbocycles. The summed E-state index contributed by atoms with van der Waals surface area (Å²) in [6, 6.07) is 21.0. The van der Waals surface area contributed by atoms with Crippen molar-refractivity contribution in [1.82, 2.24) is 9.73 Å². The number of benzene rings is 3. The number of hydrogen-bond donors (Lipinski definition) is 1. The van der Waals surface area contributed by atoms with Gasteiger partial charge >= 0.3 is 0 Å². The van der Waals surface area contributed by atoms with Crippen LogP contribution >= 0.6 is 15.9 Å². The minimum absolute atomic E-state index is 0.107. The van der Waals surface area contributed by atoms with E-state index in [9.17, 15) is 13.2 Å². The summed E-state index contributed by atoms with van der Waals surface area (Å²) < 4.78 is 39.0. The van der Waals surface area contributed by atoms with E-state index in [1.807, 2.05) is 30.3 Å². The van der Waals surface area contributed by atoms with E-state index in [0.29, 0.717) is 23.5 Å². The van der Waals surface area contributed by atoms with Crippen LogP contribution < -0.4 is 14.9 Å². The number of hydrazone groups is 1. The van der Waals surface area contributed by atoms with Crippen LogP contribution in [0.15, 0.2) is 87.3 Å². The zero-order chi connectivity index (χ0) is 25.3. The summed E-state index contributed by atoms with van der Waals surface area (Å²) in [6.45, 7) is -0.246. The summed E-state index contributed by atoms with van der Waals surface area (Å²) in [5.74, 6) is 0.534. The number of ether oxygens (including phenoxy) is 2. The van der Waals surface area contributed by atoms with Crippen molar-refractivity contribution in [1.29, 1.82) is 0 Å². The molecule has 8 nitrogen and oxygen atoms in total. The molecule has 10 heteroatoms. The minimum atomic E-state index is -3.91. The summed E-state index contributed by atoms with van der Waals surface area (Å²) in [7, 11) is -0.844. The molecule has 0 fully saturated rings. The fourth-order valence-corrected chi connectivity index (χ4v) is 4.91. The van der Waals surface area contributed by atoms with Crippen LogP contribution in [0.4, 0.5) is 0 Å². The molecule has 0 aliphatic heterocycles. The predicted molar refractivity (Wildman–Crippen MR) is 138 cm³/mol. The average molecular weight is 560 g/mol. The molecule has 3 aromatic rings. The van der Waals surface area contributed by atoms with E-state index in [2.05, 4.69) is 26.5 Å². The first-order valence-corrected chi connectivity index (χ1v) is 12.9. The van der Waals surface area contributed by atoms with Gasteiger partial charge in [-0.1, -0.05) is 46.3 Å². The highest BCUT2D eigenvalue weighted by Crippen LogP contribution is 2.26. The quantitative estimate of drug-likeness (QED) is 0.284. The van der Waals surface area contributed by atoms with Crippen LogP contribution in [0, 0.1) is 0 Å². The van der Waals surface area contributed by atoms with Gasteiger partial charge in [0.25, 0.3) is 5.91 Å². The standard InChI is InChI=1S/C25H26BrN3O5S/c1-33-23-13-8-20(16-24(23)34-2)17-27-28-25(30)18-29(15-14-19-6-4-3-5-7-19)35(31,32)22-11-9-21(26)10-12-22/h3-13,16-17H,14-15,18H2,1-2H3,(H,28,30)/b27-17-. The van der Waals surface area contributed by atoms with Crippen molar-refractivity contribution < 1.29 is 22.7 Å². The Kier molecular flexibility index (Phi) is 9.41. The normalized spacial score (nSPS) is 11.5. The zero-order valence-corrected chi connectivity index (χ0v) is 21.8. The lowest BCUT2D eigenvalue weighted by molar-refractivity contribution is -0.121. The van der Waals surface area contributed by atoms with E-state index >= 15 is 0 Å². The molecule has 184 valence electrons. The van der Waals surface area contributed by atoms with Crippen molar-refractivity contribution >= 4 is 38.1 Å². The Morgan fingerprint density at radius 2 is 1.69 bits per heavy atom. The molecule has 0 aromatic heterocycles. The SMILES string of the molecule is COc1ccc(/C=N\NC(=O)CN(CCc2ccccc2)S(=O)(=O)c2ccc(Br)cc2)cc1OC. The highest BCUT2D eigenvalue weighted by molar-refractivity contribution is 9.10. The van der Waals surface area contributed by atoms with E-state index < -0.39 is 15.9 Å². The number of carbonyl (C=O) groups is 1. The molecule has 3 rings (SSSR count). The molecule has 35 heavy (non-hydrogen) atoms. The van der Waals surface area contributed by atoms with Crippen LogP contribution in [0.25, 0.3) is 0 Å². The Balaban J connectivity index is 1.73. The molecule has 0 unspecified atom stereocenters. The minimum Gasteiger partial charge on any atom is -0.493 e. The van der Waals surface area contributed by atoms with Crippen LogP contribution in [0.3, 0.4) is 0 Å². The van der Waals surface area contributed by atoms with E-state index in [4.69, 9.17) is 9.47 Å². The third-order valence-electron chi connectivity index (χ3n) is 5.07. The highest BCUT2D eigenvalue weighted by Gasteiger charge is 2.26. The van der Waals surface area contributed by atoms with Crippen molar-refractivity contribution in [3.63, 3.8) is 0 Å². The maximum absolute atomic E-state index is 13.3. The second-order valence-corrected chi connectivity index (χ2v) is 10.3. The van der Waals surface area contributed by atoms with Gasteiger partial charge in [0, 0.05) is 11.0 Å². The number of halogens is 1. The van der Waals surface area contributed by atoms with Gasteiger partial charge in [-0.3, -0.25) is 4.79 Å². The second kappa shape index (κ2) is 12.5. The summed E-state index contributed by atoms with van der Waals surface area (Å²) in [4.78, 5) is 12.7. The van der Waals surface area contributed by atoms with Gasteiger partial charge in [-0.25, -0.2) is 13.8 Å². The molecule has 0 spiro atoms. The number of amides is 1. The lowest BCUT2D eigenvalue weighted by atomic mass is 10.1. The Morgan fingerprint density at radius 3 is 2.34 bits per heavy atom. The van der Waals surface area contributed by atoms with Gasteiger partial charge < -0.3 is 9.47 Å². The molecule has 0 atom stereocenters. The van der Waals surface area contributed by atoms with Crippen LogP contribution in [0.2, 0.25) is 0 Å². The molecule has 0 bridgehead atoms. The van der Waals surface area contributed by atoms with Gasteiger partial charge in [0.05, 0.1) is 31.9 Å². The maximum Gasteiger partial charge on any atom is 0.255 e. The summed E-state index contributed by atoms with van der Waals surface area (Å²) in [5, 5.41) is 3.96. The molecule has 0 saturated carbocycles. The topological polar surface area (TPSA) is 97.3 Å². The van der Waals surface area contributed by atoms with Gasteiger partial charge in [-0.05, 0) is 60.0 Å². The van der Waals surface area contributed by atoms with E-state index in [-0.39, 0.29) is 18.0 Å². The van der Waals surface area contributed by atoms with Gasteiger partial charge in [0.1, 0.15) is 0 Å². The first-order valence-electron chi connectivity index (χ1n) is 10.7. The number of methoxy groups -OCH3 is 2. The van der Waals surface area contributed by atoms with Crippen molar-refractivity contribution in [3.05, 3.63) is 88.4 Å². The molecule has 3 aromatic carbocycles. The van der Waals surface area contributed by atoms with E-state index in [0.717, 1.165) is 14.3 Å². The van der Waals surface area contributed by atoms with Crippen LogP contribution in [0.1, 0.15) is 11.1 Å². The molecule has 0 aliphatic rings. The molecular weight excluding hydrogens is 534 g/mol. The third-order valence-corrected chi connectivity index (χ3v) is 7.46. The predicted octanol–water partition coefficient (Wildman–Crippen LogP) is 3.85. The number of hydrogen-bond acceptors (Lipinski definition) is 6. The fourth-order valence-electron chi connectivity index (χ4n) is 3.25. The Hall–Kier alpha value is -3.21. The smallest absolute Gasteiger partial charge is 0.255 e. The number of nitrogens with one attached hydrogen (secondary N) is 1. The van der Waals surface area contributed by atoms with Crippen molar-refractivity contribution in [2.24, 2.45) is 5.10 Å². The summed E-state index contributed by atoms with van der Waals surface area (Å²) >= 11 is 3.31. The van der Waals surface area contributed by atoms with Crippen LogP contribution in [-0.4, -0.2) is 52.2 Å². The Bertz CT molecular complexity index is 1270. The molecule has 1 amide bonds. The maximum atomic E-state index is 13.3. The summed E-state index contributed by atoms with van der Waals surface area (Å²) in [6.07, 6.45) is 1.90. The Morgan fingerprint density at radius 1 is 1.00 bits per heavy atom. The number of sulfonamides is 1. The highest BCUT2D eigenvalue weighted by atomic mass is 79.9. The van der Waals surface area contributed by atoms with E-state index in [1.54, 1.807) is 30.3 Å². The van der Waals surface area contributed by atoms with Crippen LogP contribution in [0.5, 0.6) is 11.5 Å². The molecule has 1 N–H and O–H groups in total. The second-order valence-electron chi connectivity index (χ2n) is 7.44. The number of nitrogens with zero attached hydrogens (tertiary/aromatic N) is 2. The van der Waals surface area contributed by atoms with Gasteiger partial charge in [0.2, 0.25) is 10.0 Å². The van der Waals surface area contributed by atoms with Crippen molar-refractivity contribution in [3.8, 4) is 11.5 Å². The molecule has 0 heterocycles. The van der Waals surface area contributed by atoms with E-state index in [1.165, 1.54) is 32.6 Å². The van der Waals surface area contributed by atoms with Crippen LogP contribution in [-0.2, 0) is 21.2 Å². The zero-order valence-electron chi connectivity index (χ0n) is 19.3. The van der Waals surface area contributed by atoms with Crippen molar-refractivity contribution in [2.45, 2.75) is 11.3 Å². The lowest BCUT2D eigenvalue weighted by Crippen LogP contribution is -2.40. The van der Waals surface area contributed by atoms with Gasteiger partial charge in [0.15, 0.2) is 11.5 Å². The number of carbonyl (C=O) groups excluding carboxylic acids is 1.